The highest BCUT2D eigenvalue weighted by Gasteiger charge is 2.26. The number of aryl methyl sites for hydroxylation is 2. The summed E-state index contributed by atoms with van der Waals surface area (Å²) >= 11 is 0. The molecule has 0 aliphatic heterocycles. The van der Waals surface area contributed by atoms with Gasteiger partial charge in [0.15, 0.2) is 0 Å². The van der Waals surface area contributed by atoms with Crippen LogP contribution >= 0.6 is 0 Å². The maximum atomic E-state index is 13.7. The molecule has 0 aliphatic rings. The summed E-state index contributed by atoms with van der Waals surface area (Å²) in [4.78, 5) is 28.8. The van der Waals surface area contributed by atoms with Crippen molar-refractivity contribution in [2.75, 3.05) is 19.1 Å². The highest BCUT2D eigenvalue weighted by molar-refractivity contribution is 6.02. The van der Waals surface area contributed by atoms with Crippen molar-refractivity contribution in [1.29, 1.82) is 0 Å². The second kappa shape index (κ2) is 14.1. The number of benzene rings is 4. The van der Waals surface area contributed by atoms with Crippen molar-refractivity contribution < 1.29 is 14.3 Å². The molecule has 0 radical (unpaired) electrons. The average molecular weight is 574 g/mol. The molecule has 0 bridgehead atoms. The van der Waals surface area contributed by atoms with E-state index in [2.05, 4.69) is 27.8 Å². The molecule has 0 saturated carbocycles. The fourth-order valence-corrected chi connectivity index (χ4v) is 4.91. The molecule has 0 aliphatic carbocycles. The minimum absolute atomic E-state index is 0.225. The molecule has 8 nitrogen and oxygen atoms in total. The summed E-state index contributed by atoms with van der Waals surface area (Å²) in [7, 11) is 3.30. The Morgan fingerprint density at radius 2 is 1.58 bits per heavy atom. The Morgan fingerprint density at radius 3 is 2.28 bits per heavy atom. The molecule has 2 amide bonds. The summed E-state index contributed by atoms with van der Waals surface area (Å²) in [6, 6.07) is 33.7. The Labute approximate surface area is 251 Å². The molecule has 1 atom stereocenters. The van der Waals surface area contributed by atoms with Crippen molar-refractivity contribution >= 4 is 17.5 Å². The first-order valence-corrected chi connectivity index (χ1v) is 14.3. The van der Waals surface area contributed by atoms with Gasteiger partial charge in [-0.05, 0) is 60.4 Å². The summed E-state index contributed by atoms with van der Waals surface area (Å²) in [5, 5.41) is 11.6. The van der Waals surface area contributed by atoms with Crippen molar-refractivity contribution in [3.63, 3.8) is 0 Å². The SMILES string of the molecule is COc1ccc(N(C)C(=O)[C@H](Cc2ccccc2)NC(=O)c2cccc(-c3cn(CCCc4ccccc4)nn3)c2)cc1. The first-order chi connectivity index (χ1) is 21.0. The molecule has 0 unspecified atom stereocenters. The molecule has 8 heteroatoms. The molecule has 0 spiro atoms. The van der Waals surface area contributed by atoms with Crippen LogP contribution in [0.3, 0.4) is 0 Å². The van der Waals surface area contributed by atoms with Crippen molar-refractivity contribution in [1.82, 2.24) is 20.3 Å². The van der Waals surface area contributed by atoms with Crippen LogP contribution in [-0.2, 0) is 24.2 Å². The lowest BCUT2D eigenvalue weighted by Gasteiger charge is -2.25. The summed E-state index contributed by atoms with van der Waals surface area (Å²) in [6.07, 6.45) is 4.15. The lowest BCUT2D eigenvalue weighted by atomic mass is 10.0. The van der Waals surface area contributed by atoms with Gasteiger partial charge in [0.2, 0.25) is 5.91 Å². The van der Waals surface area contributed by atoms with E-state index in [1.807, 2.05) is 83.7 Å². The van der Waals surface area contributed by atoms with E-state index in [0.29, 0.717) is 29.1 Å². The number of carbonyl (C=O) groups is 2. The predicted octanol–water partition coefficient (Wildman–Crippen LogP) is 5.59. The number of rotatable bonds is 12. The van der Waals surface area contributed by atoms with Crippen molar-refractivity contribution in [2.24, 2.45) is 0 Å². The fraction of sp³-hybridized carbons (Fsp3) is 0.200. The first-order valence-electron chi connectivity index (χ1n) is 14.3. The summed E-state index contributed by atoms with van der Waals surface area (Å²) in [5.74, 6) is 0.136. The number of hydrogen-bond donors (Lipinski definition) is 1. The van der Waals surface area contributed by atoms with Crippen molar-refractivity contribution in [2.45, 2.75) is 31.8 Å². The van der Waals surface area contributed by atoms with Crippen LogP contribution in [0.25, 0.3) is 11.3 Å². The van der Waals surface area contributed by atoms with E-state index < -0.39 is 6.04 Å². The monoisotopic (exact) mass is 573 g/mol. The predicted molar refractivity (Wildman–Crippen MR) is 168 cm³/mol. The molecule has 1 heterocycles. The normalized spacial score (nSPS) is 11.5. The molecule has 4 aromatic carbocycles. The van der Waals surface area contributed by atoms with Gasteiger partial charge in [0.1, 0.15) is 17.5 Å². The number of amides is 2. The van der Waals surface area contributed by atoms with Gasteiger partial charge in [-0.15, -0.1) is 5.10 Å². The summed E-state index contributed by atoms with van der Waals surface area (Å²) in [5.41, 5.74) is 4.84. The van der Waals surface area contributed by atoms with Gasteiger partial charge < -0.3 is 15.0 Å². The standard InChI is InChI=1S/C35H35N5O3/c1-39(30-18-20-31(43-2)21-19-30)35(42)32(23-27-13-7-4-8-14-27)36-34(41)29-17-9-16-28(24-29)33-25-40(38-37-33)22-10-15-26-11-5-3-6-12-26/h3-9,11-14,16-21,24-25,32H,10,15,22-23H2,1-2H3,(H,36,41)/t32-/m0/s1. The first kappa shape index (κ1) is 29.3. The van der Waals surface area contributed by atoms with E-state index in [1.54, 1.807) is 43.3 Å². The van der Waals surface area contributed by atoms with Crippen LogP contribution in [0, 0.1) is 0 Å². The number of aromatic nitrogens is 3. The van der Waals surface area contributed by atoms with Gasteiger partial charge in [0.05, 0.1) is 13.3 Å². The number of nitrogens with zero attached hydrogens (tertiary/aromatic N) is 4. The Morgan fingerprint density at radius 1 is 0.884 bits per heavy atom. The average Bonchev–Trinajstić information content (AvgIpc) is 3.54. The quantitative estimate of drug-likeness (QED) is 0.210. The van der Waals surface area contributed by atoms with E-state index >= 15 is 0 Å². The van der Waals surface area contributed by atoms with Crippen LogP contribution in [0.5, 0.6) is 5.75 Å². The van der Waals surface area contributed by atoms with Crippen LogP contribution in [0.1, 0.15) is 27.9 Å². The molecule has 5 rings (SSSR count). The van der Waals surface area contributed by atoms with Crippen LogP contribution < -0.4 is 15.0 Å². The Bertz CT molecular complexity index is 1640. The lowest BCUT2D eigenvalue weighted by molar-refractivity contribution is -0.120. The molecule has 218 valence electrons. The van der Waals surface area contributed by atoms with Gasteiger partial charge in [0.25, 0.3) is 5.91 Å². The fourth-order valence-electron chi connectivity index (χ4n) is 4.91. The number of anilines is 1. The van der Waals surface area contributed by atoms with Crippen LogP contribution in [0.15, 0.2) is 115 Å². The minimum Gasteiger partial charge on any atom is -0.497 e. The molecule has 0 fully saturated rings. The van der Waals surface area contributed by atoms with Crippen molar-refractivity contribution in [3.05, 3.63) is 132 Å². The van der Waals surface area contributed by atoms with Crippen LogP contribution in [0.4, 0.5) is 5.69 Å². The van der Waals surface area contributed by atoms with Gasteiger partial charge in [-0.3, -0.25) is 14.3 Å². The van der Waals surface area contributed by atoms with E-state index in [0.717, 1.165) is 30.5 Å². The number of nitrogens with one attached hydrogen (secondary N) is 1. The Balaban J connectivity index is 1.28. The van der Waals surface area contributed by atoms with E-state index in [-0.39, 0.29) is 11.8 Å². The minimum atomic E-state index is -0.781. The Kier molecular flexibility index (Phi) is 9.59. The maximum absolute atomic E-state index is 13.7. The third-order valence-electron chi connectivity index (χ3n) is 7.33. The smallest absolute Gasteiger partial charge is 0.251 e. The van der Waals surface area contributed by atoms with Gasteiger partial charge in [0, 0.05) is 36.8 Å². The number of hydrogen-bond acceptors (Lipinski definition) is 5. The molecular formula is C35H35N5O3. The highest BCUT2D eigenvalue weighted by Crippen LogP contribution is 2.21. The zero-order chi connectivity index (χ0) is 30.0. The number of methoxy groups -OCH3 is 1. The maximum Gasteiger partial charge on any atom is 0.251 e. The summed E-state index contributed by atoms with van der Waals surface area (Å²) in [6.45, 7) is 0.743. The number of likely N-dealkylation sites (N-methyl/N-ethyl adjacent to an activating group) is 1. The number of carbonyl (C=O) groups excluding carboxylic acids is 2. The van der Waals surface area contributed by atoms with Gasteiger partial charge in [-0.1, -0.05) is 78.0 Å². The molecule has 0 saturated heterocycles. The second-order valence-electron chi connectivity index (χ2n) is 10.3. The molecular weight excluding hydrogens is 538 g/mol. The second-order valence-corrected chi connectivity index (χ2v) is 10.3. The molecule has 1 aromatic heterocycles. The van der Waals surface area contributed by atoms with Gasteiger partial charge in [-0.25, -0.2) is 0 Å². The highest BCUT2D eigenvalue weighted by atomic mass is 16.5. The Hall–Kier alpha value is -5.24. The topological polar surface area (TPSA) is 89.4 Å². The summed E-state index contributed by atoms with van der Waals surface area (Å²) < 4.78 is 7.07. The zero-order valence-electron chi connectivity index (χ0n) is 24.4. The third-order valence-corrected chi connectivity index (χ3v) is 7.33. The largest absolute Gasteiger partial charge is 0.497 e. The van der Waals surface area contributed by atoms with Gasteiger partial charge in [-0.2, -0.15) is 0 Å². The van der Waals surface area contributed by atoms with Crippen LogP contribution in [0.2, 0.25) is 0 Å². The molecule has 5 aromatic rings. The third kappa shape index (κ3) is 7.74. The van der Waals surface area contributed by atoms with E-state index in [9.17, 15) is 9.59 Å². The molecule has 1 N–H and O–H groups in total. The van der Waals surface area contributed by atoms with Gasteiger partial charge >= 0.3 is 0 Å². The molecule has 43 heavy (non-hydrogen) atoms. The number of ether oxygens (including phenoxy) is 1. The van der Waals surface area contributed by atoms with E-state index in [4.69, 9.17) is 4.74 Å². The zero-order valence-corrected chi connectivity index (χ0v) is 24.4. The van der Waals surface area contributed by atoms with E-state index in [1.165, 1.54) is 5.56 Å². The van der Waals surface area contributed by atoms with Crippen LogP contribution in [-0.4, -0.2) is 47.0 Å². The van der Waals surface area contributed by atoms with Crippen molar-refractivity contribution in [3.8, 4) is 17.0 Å². The lowest BCUT2D eigenvalue weighted by Crippen LogP contribution is -2.48.